The Kier molecular flexibility index (Phi) is 4.57. The largest absolute Gasteiger partial charge is 0.446 e. The molecule has 2 nitrogen and oxygen atoms in total. The molecule has 0 unspecified atom stereocenters. The molecule has 109 valence electrons. The van der Waals surface area contributed by atoms with Crippen LogP contribution in [0.5, 0.6) is 5.75 Å². The fourth-order valence-corrected chi connectivity index (χ4v) is 2.40. The van der Waals surface area contributed by atoms with Crippen LogP contribution in [0.4, 0.5) is 13.2 Å². The molecule has 0 aromatic heterocycles. The molecule has 2 rings (SSSR count). The quantitative estimate of drug-likeness (QED) is 0.467. The van der Waals surface area contributed by atoms with Crippen molar-refractivity contribution in [2.45, 2.75) is 17.3 Å². The van der Waals surface area contributed by atoms with Crippen molar-refractivity contribution >= 4 is 17.7 Å². The molecular weight excluding hydrogens is 301 g/mol. The third-order valence-corrected chi connectivity index (χ3v) is 3.22. The van der Waals surface area contributed by atoms with Gasteiger partial charge >= 0.3 is 11.5 Å². The molecule has 1 radical (unpaired) electrons. The Morgan fingerprint density at radius 2 is 2.00 bits per heavy atom. The lowest BCUT2D eigenvalue weighted by molar-refractivity contribution is -0.131. The summed E-state index contributed by atoms with van der Waals surface area (Å²) < 4.78 is 42.6. The zero-order valence-corrected chi connectivity index (χ0v) is 11.7. The van der Waals surface area contributed by atoms with Crippen LogP contribution in [0.3, 0.4) is 0 Å². The van der Waals surface area contributed by atoms with E-state index in [0.29, 0.717) is 11.1 Å². The lowest BCUT2D eigenvalue weighted by Crippen LogP contribution is -2.01. The van der Waals surface area contributed by atoms with E-state index in [-0.39, 0.29) is 22.4 Å². The fraction of sp³-hybridized carbons (Fsp3) is 0.133. The number of thioether (sulfide) groups is 1. The van der Waals surface area contributed by atoms with Gasteiger partial charge in [0, 0.05) is 11.8 Å². The molecule has 21 heavy (non-hydrogen) atoms. The lowest BCUT2D eigenvalue weighted by atomic mass is 10.1. The van der Waals surface area contributed by atoms with Gasteiger partial charge < -0.3 is 4.74 Å². The number of esters is 1. The van der Waals surface area contributed by atoms with Gasteiger partial charge in [-0.1, -0.05) is 30.3 Å². The van der Waals surface area contributed by atoms with Crippen LogP contribution in [-0.4, -0.2) is 11.5 Å². The number of carbonyl (C=O) groups is 1. The average molecular weight is 311 g/mol. The van der Waals surface area contributed by atoms with Crippen LogP contribution in [0, 0.1) is 6.07 Å². The van der Waals surface area contributed by atoms with Crippen molar-refractivity contribution in [1.29, 1.82) is 0 Å². The molecular formula is C15H10F3O2S. The zero-order chi connectivity index (χ0) is 15.5. The third kappa shape index (κ3) is 4.53. The van der Waals surface area contributed by atoms with E-state index in [1.807, 2.05) is 0 Å². The summed E-state index contributed by atoms with van der Waals surface area (Å²) in [6.07, 6.45) is 0. The monoisotopic (exact) mass is 311 g/mol. The van der Waals surface area contributed by atoms with Crippen molar-refractivity contribution in [1.82, 2.24) is 0 Å². The van der Waals surface area contributed by atoms with E-state index in [4.69, 9.17) is 4.74 Å². The van der Waals surface area contributed by atoms with Crippen molar-refractivity contribution in [2.75, 3.05) is 0 Å². The SMILES string of the molecule is CC(=O)Oc1cccc(-c2ccc[c]c2SC(F)(F)F)c1. The molecule has 0 aliphatic heterocycles. The maximum Gasteiger partial charge on any atom is 0.446 e. The fourth-order valence-electron chi connectivity index (χ4n) is 1.74. The Labute approximate surface area is 123 Å². The Morgan fingerprint density at radius 3 is 2.67 bits per heavy atom. The first-order valence-electron chi connectivity index (χ1n) is 5.90. The first-order chi connectivity index (χ1) is 9.85. The standard InChI is InChI=1S/C15H10F3O2S/c1-10(19)20-12-6-4-5-11(9-12)13-7-2-3-8-14(13)21-15(16,17)18/h2-7,9H,1H3. The van der Waals surface area contributed by atoms with E-state index in [2.05, 4.69) is 6.07 Å². The summed E-state index contributed by atoms with van der Waals surface area (Å²) in [5.74, 6) is -0.205. The van der Waals surface area contributed by atoms with E-state index >= 15 is 0 Å². The molecule has 0 aliphatic carbocycles. The van der Waals surface area contributed by atoms with Crippen molar-refractivity contribution in [3.05, 3.63) is 48.5 Å². The van der Waals surface area contributed by atoms with Crippen molar-refractivity contribution in [3.8, 4) is 16.9 Å². The van der Waals surface area contributed by atoms with E-state index in [1.54, 1.807) is 30.3 Å². The van der Waals surface area contributed by atoms with Gasteiger partial charge in [0.05, 0.1) is 0 Å². The van der Waals surface area contributed by atoms with Crippen LogP contribution < -0.4 is 4.74 Å². The van der Waals surface area contributed by atoms with Gasteiger partial charge in [0.25, 0.3) is 0 Å². The van der Waals surface area contributed by atoms with Crippen LogP contribution in [0.25, 0.3) is 11.1 Å². The minimum atomic E-state index is -4.39. The maximum atomic E-state index is 12.6. The first-order valence-corrected chi connectivity index (χ1v) is 6.72. The highest BCUT2D eigenvalue weighted by Crippen LogP contribution is 2.41. The summed E-state index contributed by atoms with van der Waals surface area (Å²) in [6.45, 7) is 1.26. The first kappa shape index (κ1) is 15.4. The number of hydrogen-bond donors (Lipinski definition) is 0. The van der Waals surface area contributed by atoms with Crippen LogP contribution in [0.1, 0.15) is 6.92 Å². The minimum absolute atomic E-state index is 0.0232. The number of alkyl halides is 3. The predicted octanol–water partition coefficient (Wildman–Crippen LogP) is 4.69. The van der Waals surface area contributed by atoms with E-state index in [9.17, 15) is 18.0 Å². The van der Waals surface area contributed by atoms with E-state index in [1.165, 1.54) is 19.1 Å². The Morgan fingerprint density at radius 1 is 1.24 bits per heavy atom. The number of carbonyl (C=O) groups excluding carboxylic acids is 1. The van der Waals surface area contributed by atoms with Crippen molar-refractivity contribution < 1.29 is 22.7 Å². The van der Waals surface area contributed by atoms with Gasteiger partial charge in [-0.25, -0.2) is 0 Å². The summed E-state index contributed by atoms with van der Waals surface area (Å²) in [5.41, 5.74) is -3.48. The number of halogens is 3. The second-order valence-electron chi connectivity index (χ2n) is 4.08. The van der Waals surface area contributed by atoms with Gasteiger partial charge in [0.15, 0.2) is 0 Å². The van der Waals surface area contributed by atoms with Gasteiger partial charge in [-0.3, -0.25) is 4.79 Å². The van der Waals surface area contributed by atoms with E-state index in [0.717, 1.165) is 0 Å². The second-order valence-corrected chi connectivity index (χ2v) is 5.16. The van der Waals surface area contributed by atoms with Gasteiger partial charge in [-0.2, -0.15) is 13.2 Å². The number of rotatable bonds is 3. The van der Waals surface area contributed by atoms with Crippen LogP contribution in [0.2, 0.25) is 0 Å². The molecule has 0 aliphatic rings. The van der Waals surface area contributed by atoms with Crippen LogP contribution in [-0.2, 0) is 4.79 Å². The topological polar surface area (TPSA) is 26.3 Å². The predicted molar refractivity (Wildman–Crippen MR) is 73.9 cm³/mol. The second kappa shape index (κ2) is 6.22. The summed E-state index contributed by atoms with van der Waals surface area (Å²) in [4.78, 5) is 10.9. The maximum absolute atomic E-state index is 12.6. The number of benzene rings is 2. The smallest absolute Gasteiger partial charge is 0.427 e. The molecule has 0 saturated carbocycles. The lowest BCUT2D eigenvalue weighted by Gasteiger charge is -2.11. The van der Waals surface area contributed by atoms with Crippen LogP contribution in [0.15, 0.2) is 47.4 Å². The van der Waals surface area contributed by atoms with Gasteiger partial charge in [-0.05, 0) is 41.1 Å². The molecule has 0 heterocycles. The molecule has 0 fully saturated rings. The molecule has 0 spiro atoms. The molecule has 6 heteroatoms. The molecule has 0 atom stereocenters. The highest BCUT2D eigenvalue weighted by Gasteiger charge is 2.30. The minimum Gasteiger partial charge on any atom is -0.427 e. The van der Waals surface area contributed by atoms with E-state index < -0.39 is 11.5 Å². The number of hydrogen-bond acceptors (Lipinski definition) is 3. The summed E-state index contributed by atoms with van der Waals surface area (Å²) >= 11 is -0.221. The number of ether oxygens (including phenoxy) is 1. The van der Waals surface area contributed by atoms with Crippen LogP contribution >= 0.6 is 11.8 Å². The third-order valence-electron chi connectivity index (χ3n) is 2.44. The summed E-state index contributed by atoms with van der Waals surface area (Å²) in [5, 5.41) is 0. The van der Waals surface area contributed by atoms with Crippen molar-refractivity contribution in [2.24, 2.45) is 0 Å². The average Bonchev–Trinajstić information content (AvgIpc) is 2.37. The Bertz CT molecular complexity index is 653. The molecule has 0 saturated heterocycles. The summed E-state index contributed by atoms with van der Waals surface area (Å²) in [6, 6.07) is 13.5. The summed E-state index contributed by atoms with van der Waals surface area (Å²) in [7, 11) is 0. The van der Waals surface area contributed by atoms with Gasteiger partial charge in [-0.15, -0.1) is 0 Å². The zero-order valence-electron chi connectivity index (χ0n) is 10.9. The highest BCUT2D eigenvalue weighted by molar-refractivity contribution is 8.00. The Balaban J connectivity index is 2.40. The molecule has 0 bridgehead atoms. The Hall–Kier alpha value is -1.95. The molecule has 2 aromatic rings. The molecule has 2 aromatic carbocycles. The molecule has 0 N–H and O–H groups in total. The van der Waals surface area contributed by atoms with Crippen molar-refractivity contribution in [3.63, 3.8) is 0 Å². The normalized spacial score (nSPS) is 11.2. The van der Waals surface area contributed by atoms with Gasteiger partial charge in [0.1, 0.15) is 5.75 Å². The highest BCUT2D eigenvalue weighted by atomic mass is 32.2. The molecule has 0 amide bonds. The van der Waals surface area contributed by atoms with Gasteiger partial charge in [0.2, 0.25) is 0 Å².